The Hall–Kier alpha value is -1.72. The van der Waals surface area contributed by atoms with Gasteiger partial charge in [0.15, 0.2) is 5.82 Å². The van der Waals surface area contributed by atoms with Crippen LogP contribution in [0.15, 0.2) is 10.9 Å². The van der Waals surface area contributed by atoms with Crippen molar-refractivity contribution in [1.82, 2.24) is 25.3 Å². The lowest BCUT2D eigenvalue weighted by atomic mass is 9.96. The van der Waals surface area contributed by atoms with E-state index < -0.39 is 0 Å². The van der Waals surface area contributed by atoms with Crippen LogP contribution in [0, 0.1) is 0 Å². The molecule has 0 atom stereocenters. The number of aromatic nitrogens is 5. The molecule has 0 aliphatic carbocycles. The van der Waals surface area contributed by atoms with Crippen LogP contribution in [-0.2, 0) is 11.8 Å². The summed E-state index contributed by atoms with van der Waals surface area (Å²) in [6.45, 7) is 6.11. The summed E-state index contributed by atoms with van der Waals surface area (Å²) in [7, 11) is 0. The van der Waals surface area contributed by atoms with Gasteiger partial charge >= 0.3 is 0 Å². The summed E-state index contributed by atoms with van der Waals surface area (Å²) < 4.78 is 5.12. The minimum atomic E-state index is -0.0941. The third-order valence-electron chi connectivity index (χ3n) is 1.92. The summed E-state index contributed by atoms with van der Waals surface area (Å²) in [5, 5.41) is 10.4. The summed E-state index contributed by atoms with van der Waals surface area (Å²) in [4.78, 5) is 8.28. The molecule has 0 saturated carbocycles. The number of hydrogen-bond acceptors (Lipinski definition) is 5. The molecule has 0 radical (unpaired) electrons. The van der Waals surface area contributed by atoms with Crippen LogP contribution >= 0.6 is 0 Å². The maximum Gasteiger partial charge on any atom is 0.234 e. The van der Waals surface area contributed by atoms with E-state index in [1.54, 1.807) is 0 Å². The predicted octanol–water partition coefficient (Wildman–Crippen LogP) is 1.08. The Morgan fingerprint density at radius 2 is 2.20 bits per heavy atom. The monoisotopic (exact) mass is 207 g/mol. The second-order valence-electron chi connectivity index (χ2n) is 4.37. The zero-order valence-electron chi connectivity index (χ0n) is 8.98. The molecule has 2 heterocycles. The average Bonchev–Trinajstić information content (AvgIpc) is 2.73. The van der Waals surface area contributed by atoms with E-state index in [-0.39, 0.29) is 5.41 Å². The van der Waals surface area contributed by atoms with Crippen LogP contribution in [0.5, 0.6) is 0 Å². The molecule has 6 heteroatoms. The highest BCUT2D eigenvalue weighted by Crippen LogP contribution is 2.18. The summed E-state index contributed by atoms with van der Waals surface area (Å²) in [6.07, 6.45) is 1.94. The second-order valence-corrected chi connectivity index (χ2v) is 4.37. The minimum absolute atomic E-state index is 0.0941. The van der Waals surface area contributed by atoms with Gasteiger partial charge in [-0.05, 0) is 0 Å². The van der Waals surface area contributed by atoms with E-state index in [4.69, 9.17) is 4.52 Å². The fourth-order valence-electron chi connectivity index (χ4n) is 1.09. The lowest BCUT2D eigenvalue weighted by molar-refractivity contribution is 0.367. The fraction of sp³-hybridized carbons (Fsp3) is 0.556. The molecular formula is C9H13N5O. The molecule has 2 aromatic rings. The molecule has 0 bridgehead atoms. The van der Waals surface area contributed by atoms with Crippen molar-refractivity contribution in [1.29, 1.82) is 0 Å². The van der Waals surface area contributed by atoms with Crippen LogP contribution in [0.25, 0.3) is 0 Å². The van der Waals surface area contributed by atoms with Crippen LogP contribution < -0.4 is 0 Å². The fourth-order valence-corrected chi connectivity index (χ4v) is 1.09. The third kappa shape index (κ3) is 2.20. The second kappa shape index (κ2) is 3.45. The average molecular weight is 207 g/mol. The quantitative estimate of drug-likeness (QED) is 0.796. The van der Waals surface area contributed by atoms with Gasteiger partial charge < -0.3 is 4.52 Å². The Bertz CT molecular complexity index is 426. The zero-order chi connectivity index (χ0) is 10.9. The molecule has 80 valence electrons. The molecule has 0 amide bonds. The number of rotatable bonds is 2. The van der Waals surface area contributed by atoms with E-state index in [1.807, 2.05) is 20.8 Å². The summed E-state index contributed by atoms with van der Waals surface area (Å²) >= 11 is 0. The van der Waals surface area contributed by atoms with Gasteiger partial charge in [0.25, 0.3) is 0 Å². The van der Waals surface area contributed by atoms with Gasteiger partial charge in [0.05, 0.1) is 6.42 Å². The van der Waals surface area contributed by atoms with Gasteiger partial charge in [0.1, 0.15) is 12.2 Å². The molecular weight excluding hydrogens is 194 g/mol. The topological polar surface area (TPSA) is 80.5 Å². The van der Waals surface area contributed by atoms with Crippen molar-refractivity contribution in [2.75, 3.05) is 0 Å². The third-order valence-corrected chi connectivity index (χ3v) is 1.92. The lowest BCUT2D eigenvalue weighted by Crippen LogP contribution is -2.13. The van der Waals surface area contributed by atoms with Gasteiger partial charge in [-0.1, -0.05) is 25.9 Å². The summed E-state index contributed by atoms with van der Waals surface area (Å²) in [5.41, 5.74) is -0.0941. The Morgan fingerprint density at radius 1 is 1.40 bits per heavy atom. The summed E-state index contributed by atoms with van der Waals surface area (Å²) in [6, 6.07) is 0. The molecule has 6 nitrogen and oxygen atoms in total. The van der Waals surface area contributed by atoms with E-state index in [0.29, 0.717) is 18.1 Å². The largest absolute Gasteiger partial charge is 0.339 e. The Kier molecular flexibility index (Phi) is 2.26. The first-order valence-electron chi connectivity index (χ1n) is 4.73. The molecule has 0 spiro atoms. The molecule has 15 heavy (non-hydrogen) atoms. The zero-order valence-corrected chi connectivity index (χ0v) is 8.98. The van der Waals surface area contributed by atoms with Gasteiger partial charge in [0.2, 0.25) is 5.89 Å². The van der Waals surface area contributed by atoms with Crippen LogP contribution in [0.2, 0.25) is 0 Å². The first kappa shape index (κ1) is 9.82. The van der Waals surface area contributed by atoms with Gasteiger partial charge in [-0.3, -0.25) is 5.10 Å². The summed E-state index contributed by atoms with van der Waals surface area (Å²) in [5.74, 6) is 1.98. The van der Waals surface area contributed by atoms with Gasteiger partial charge in [0, 0.05) is 5.41 Å². The SMILES string of the molecule is CC(C)(C)c1noc(Cc2ncn[nH]2)n1. The molecule has 0 aliphatic rings. The number of nitrogens with one attached hydrogen (secondary N) is 1. The number of nitrogens with zero attached hydrogens (tertiary/aromatic N) is 4. The van der Waals surface area contributed by atoms with Crippen LogP contribution in [0.1, 0.15) is 38.3 Å². The standard InChI is InChI=1S/C9H13N5O/c1-9(2,3)8-12-7(15-14-8)4-6-10-5-11-13-6/h5H,4H2,1-3H3,(H,10,11,13). The smallest absolute Gasteiger partial charge is 0.234 e. The van der Waals surface area contributed by atoms with Crippen molar-refractivity contribution in [3.8, 4) is 0 Å². The van der Waals surface area contributed by atoms with Gasteiger partial charge in [-0.2, -0.15) is 10.1 Å². The Balaban J connectivity index is 2.15. The van der Waals surface area contributed by atoms with Gasteiger partial charge in [-0.25, -0.2) is 4.98 Å². The molecule has 0 saturated heterocycles. The van der Waals surface area contributed by atoms with E-state index in [0.717, 1.165) is 5.82 Å². The normalized spacial score (nSPS) is 11.9. The highest BCUT2D eigenvalue weighted by molar-refractivity contribution is 5.02. The molecule has 0 aromatic carbocycles. The number of H-pyrrole nitrogens is 1. The molecule has 1 N–H and O–H groups in total. The van der Waals surface area contributed by atoms with Crippen LogP contribution in [0.4, 0.5) is 0 Å². The predicted molar refractivity (Wildman–Crippen MR) is 52.2 cm³/mol. The van der Waals surface area contributed by atoms with Crippen molar-refractivity contribution in [2.45, 2.75) is 32.6 Å². The minimum Gasteiger partial charge on any atom is -0.339 e. The molecule has 0 fully saturated rings. The molecule has 2 aromatic heterocycles. The van der Waals surface area contributed by atoms with Crippen molar-refractivity contribution < 1.29 is 4.52 Å². The highest BCUT2D eigenvalue weighted by atomic mass is 16.5. The Labute approximate surface area is 87.1 Å². The van der Waals surface area contributed by atoms with Gasteiger partial charge in [-0.15, -0.1) is 0 Å². The molecule has 0 unspecified atom stereocenters. The maximum atomic E-state index is 5.12. The maximum absolute atomic E-state index is 5.12. The Morgan fingerprint density at radius 3 is 2.73 bits per heavy atom. The van der Waals surface area contributed by atoms with E-state index >= 15 is 0 Å². The first-order chi connectivity index (χ1) is 7.05. The number of hydrogen-bond donors (Lipinski definition) is 1. The van der Waals surface area contributed by atoms with E-state index in [9.17, 15) is 0 Å². The molecule has 0 aliphatic heterocycles. The van der Waals surface area contributed by atoms with Crippen molar-refractivity contribution in [3.05, 3.63) is 23.9 Å². The van der Waals surface area contributed by atoms with Crippen molar-refractivity contribution >= 4 is 0 Å². The lowest BCUT2D eigenvalue weighted by Gasteiger charge is -2.10. The van der Waals surface area contributed by atoms with E-state index in [2.05, 4.69) is 25.3 Å². The number of aromatic amines is 1. The van der Waals surface area contributed by atoms with Crippen molar-refractivity contribution in [3.63, 3.8) is 0 Å². The molecule has 2 rings (SSSR count). The van der Waals surface area contributed by atoms with Crippen LogP contribution in [0.3, 0.4) is 0 Å². The van der Waals surface area contributed by atoms with Crippen molar-refractivity contribution in [2.24, 2.45) is 0 Å². The highest BCUT2D eigenvalue weighted by Gasteiger charge is 2.21. The van der Waals surface area contributed by atoms with Crippen LogP contribution in [-0.4, -0.2) is 25.3 Å². The van der Waals surface area contributed by atoms with E-state index in [1.165, 1.54) is 6.33 Å². The first-order valence-corrected chi connectivity index (χ1v) is 4.73.